The zero-order valence-electron chi connectivity index (χ0n) is 36.0. The van der Waals surface area contributed by atoms with Crippen LogP contribution in [0.1, 0.15) is 158 Å². The van der Waals surface area contributed by atoms with E-state index in [1.807, 2.05) is 92.6 Å². The highest BCUT2D eigenvalue weighted by molar-refractivity contribution is 5.90. The molecule has 3 aromatic carbocycles. The van der Waals surface area contributed by atoms with Crippen LogP contribution in [0.15, 0.2) is 53.5 Å². The fraction of sp³-hybridized carbons (Fsp3) is 0.533. The van der Waals surface area contributed by atoms with Gasteiger partial charge in [0.2, 0.25) is 17.5 Å². The number of benzene rings is 3. The van der Waals surface area contributed by atoms with Gasteiger partial charge in [-0.3, -0.25) is 0 Å². The van der Waals surface area contributed by atoms with E-state index < -0.39 is 5.41 Å². The molecular weight excluding hydrogens is 679 g/mol. The van der Waals surface area contributed by atoms with Crippen molar-refractivity contribution < 1.29 is 29.6 Å². The number of ether oxygens (including phenoxy) is 2. The van der Waals surface area contributed by atoms with E-state index in [1.165, 1.54) is 6.08 Å². The summed E-state index contributed by atoms with van der Waals surface area (Å²) in [5.41, 5.74) is 6.20. The van der Waals surface area contributed by atoms with E-state index in [9.17, 15) is 15.3 Å². The van der Waals surface area contributed by atoms with Crippen LogP contribution in [0.5, 0.6) is 34.5 Å². The summed E-state index contributed by atoms with van der Waals surface area (Å²) in [5, 5.41) is 40.4. The Balaban J connectivity index is 1.92. The molecule has 0 aliphatic carbocycles. The van der Waals surface area contributed by atoms with E-state index in [0.29, 0.717) is 5.56 Å². The molecule has 0 aromatic heterocycles. The third-order valence-electron chi connectivity index (χ3n) is 9.52. The molecule has 9 nitrogen and oxygen atoms in total. The van der Waals surface area contributed by atoms with Crippen molar-refractivity contribution in [1.82, 2.24) is 10.7 Å². The second-order valence-electron chi connectivity index (χ2n) is 20.7. The maximum Gasteiger partial charge on any atom is 0.247 e. The Labute approximate surface area is 324 Å². The first-order valence-corrected chi connectivity index (χ1v) is 18.8. The number of hydrazone groups is 1. The maximum atomic E-state index is 11.6. The average molecular weight is 744 g/mol. The van der Waals surface area contributed by atoms with Gasteiger partial charge in [-0.25, -0.2) is 5.43 Å². The second-order valence-corrected chi connectivity index (χ2v) is 20.7. The Kier molecular flexibility index (Phi) is 10.9. The number of phenolic OH excluding ortho intramolecular Hbond substituents is 3. The van der Waals surface area contributed by atoms with Crippen LogP contribution in [0.3, 0.4) is 0 Å². The van der Waals surface area contributed by atoms with Gasteiger partial charge in [0.1, 0.15) is 0 Å². The highest BCUT2D eigenvalue weighted by Gasteiger charge is 2.31. The zero-order valence-corrected chi connectivity index (χ0v) is 36.0. The number of hydrogen-bond acceptors (Lipinski definition) is 9. The van der Waals surface area contributed by atoms with E-state index in [0.717, 1.165) is 33.1 Å². The lowest BCUT2D eigenvalue weighted by atomic mass is 9.80. The van der Waals surface area contributed by atoms with Gasteiger partial charge < -0.3 is 29.6 Å². The van der Waals surface area contributed by atoms with Crippen LogP contribution in [0, 0.1) is 0 Å². The molecule has 0 bridgehead atoms. The number of aromatic hydroxyl groups is 3. The van der Waals surface area contributed by atoms with Crippen molar-refractivity contribution in [3.05, 3.63) is 81.7 Å². The SMILES string of the molecule is CC(C)(C)c1cc(OC2=CC(Oc3cc(C(C)(C)C)cc(C(C)(C)C)c3O)=NN(Oc3cc(C(C)(C)C)cc(C(C)(C)C)c3O)N2)c(O)c(C(C)(C)C)c1. The van der Waals surface area contributed by atoms with Crippen molar-refractivity contribution >= 4 is 5.90 Å². The summed E-state index contributed by atoms with van der Waals surface area (Å²) >= 11 is 0. The first-order valence-electron chi connectivity index (χ1n) is 18.8. The van der Waals surface area contributed by atoms with Gasteiger partial charge in [0.25, 0.3) is 0 Å². The predicted octanol–water partition coefficient (Wildman–Crippen LogP) is 11.0. The molecule has 1 heterocycles. The number of phenols is 3. The monoisotopic (exact) mass is 743 g/mol. The lowest BCUT2D eigenvalue weighted by Crippen LogP contribution is -2.42. The number of hydrogen-bond donors (Lipinski definition) is 4. The molecule has 0 saturated heterocycles. The molecule has 54 heavy (non-hydrogen) atoms. The Morgan fingerprint density at radius 3 is 1.15 bits per heavy atom. The minimum absolute atomic E-state index is 0.00393. The maximum absolute atomic E-state index is 11.6. The Morgan fingerprint density at radius 1 is 0.463 bits per heavy atom. The van der Waals surface area contributed by atoms with Crippen LogP contribution >= 0.6 is 0 Å². The summed E-state index contributed by atoms with van der Waals surface area (Å²) in [7, 11) is 0. The fourth-order valence-corrected chi connectivity index (χ4v) is 5.91. The minimum atomic E-state index is -0.398. The molecule has 4 N–H and O–H groups in total. The number of nitrogens with zero attached hydrogens (tertiary/aromatic N) is 2. The van der Waals surface area contributed by atoms with E-state index in [2.05, 4.69) is 72.8 Å². The lowest BCUT2D eigenvalue weighted by molar-refractivity contribution is -0.108. The van der Waals surface area contributed by atoms with Crippen molar-refractivity contribution in [3.8, 4) is 34.5 Å². The summed E-state index contributed by atoms with van der Waals surface area (Å²) in [4.78, 5) is 6.32. The Hall–Kier alpha value is -4.53. The van der Waals surface area contributed by atoms with Crippen LogP contribution in [0.25, 0.3) is 0 Å². The second kappa shape index (κ2) is 14.0. The molecule has 1 aliphatic heterocycles. The van der Waals surface area contributed by atoms with Gasteiger partial charge in [-0.2, -0.15) is 0 Å². The molecule has 0 amide bonds. The number of hydrazine groups is 1. The van der Waals surface area contributed by atoms with Gasteiger partial charge >= 0.3 is 0 Å². The molecule has 1 aliphatic rings. The first-order chi connectivity index (χ1) is 24.3. The molecule has 0 unspecified atom stereocenters. The van der Waals surface area contributed by atoms with Crippen molar-refractivity contribution in [2.45, 2.75) is 157 Å². The molecule has 0 fully saturated rings. The predicted molar refractivity (Wildman–Crippen MR) is 219 cm³/mol. The Bertz CT molecular complexity index is 1950. The fourth-order valence-electron chi connectivity index (χ4n) is 5.91. The van der Waals surface area contributed by atoms with Crippen molar-refractivity contribution in [2.75, 3.05) is 0 Å². The average Bonchev–Trinajstić information content (AvgIpc) is 2.96. The topological polar surface area (TPSA) is 116 Å². The molecule has 0 atom stereocenters. The van der Waals surface area contributed by atoms with Crippen molar-refractivity contribution in [1.29, 1.82) is 0 Å². The molecule has 3 aromatic rings. The lowest BCUT2D eigenvalue weighted by Gasteiger charge is -2.31. The van der Waals surface area contributed by atoms with Crippen LogP contribution in [-0.4, -0.2) is 26.5 Å². The van der Waals surface area contributed by atoms with E-state index in [4.69, 9.17) is 14.3 Å². The molecule has 4 rings (SSSR count). The van der Waals surface area contributed by atoms with Crippen molar-refractivity contribution in [3.63, 3.8) is 0 Å². The van der Waals surface area contributed by atoms with Gasteiger partial charge in [-0.05, 0) is 72.7 Å². The molecule has 0 spiro atoms. The van der Waals surface area contributed by atoms with E-state index in [1.54, 1.807) is 6.07 Å². The van der Waals surface area contributed by atoms with Gasteiger partial charge in [0.05, 0.1) is 6.08 Å². The Morgan fingerprint density at radius 2 is 0.796 bits per heavy atom. The normalized spacial score (nSPS) is 14.7. The smallest absolute Gasteiger partial charge is 0.247 e. The van der Waals surface area contributed by atoms with Gasteiger partial charge in [-0.1, -0.05) is 148 Å². The summed E-state index contributed by atoms with van der Waals surface area (Å²) in [6.45, 7) is 37.3. The number of nitrogens with one attached hydrogen (secondary N) is 1. The molecule has 9 heteroatoms. The summed E-state index contributed by atoms with van der Waals surface area (Å²) in [6.07, 6.45) is 1.53. The number of rotatable bonds is 5. The molecular formula is C45H65N3O6. The van der Waals surface area contributed by atoms with Crippen LogP contribution in [-0.2, 0) is 32.5 Å². The third kappa shape index (κ3) is 9.57. The minimum Gasteiger partial charge on any atom is -0.504 e. The standard InChI is InChI=1S/C45H65N3O6/c1-40(2,3)26-19-29(43(10,11)12)37(49)32(22-26)52-35-25-36(53-33-23-27(41(4,5)6)20-30(38(33)50)44(13,14)15)47-48(46-35)54-34-24-28(42(7,8)9)21-31(39(34)51)45(16,17)18/h19-25,46,49-51H,1-18H3. The molecule has 0 radical (unpaired) electrons. The summed E-state index contributed by atoms with van der Waals surface area (Å²) < 4.78 is 12.9. The van der Waals surface area contributed by atoms with Gasteiger partial charge in [-0.15, -0.1) is 0 Å². The van der Waals surface area contributed by atoms with Gasteiger partial charge in [0.15, 0.2) is 28.7 Å². The van der Waals surface area contributed by atoms with E-state index in [-0.39, 0.29) is 73.4 Å². The van der Waals surface area contributed by atoms with E-state index >= 15 is 0 Å². The highest BCUT2D eigenvalue weighted by Crippen LogP contribution is 2.45. The van der Waals surface area contributed by atoms with Crippen LogP contribution in [0.4, 0.5) is 0 Å². The largest absolute Gasteiger partial charge is 0.504 e. The quantitative estimate of drug-likeness (QED) is 0.204. The zero-order chi connectivity index (χ0) is 41.1. The first kappa shape index (κ1) is 42.2. The van der Waals surface area contributed by atoms with Crippen LogP contribution < -0.4 is 19.7 Å². The third-order valence-corrected chi connectivity index (χ3v) is 9.52. The van der Waals surface area contributed by atoms with Crippen molar-refractivity contribution in [2.24, 2.45) is 5.10 Å². The highest BCUT2D eigenvalue weighted by atomic mass is 16.8. The van der Waals surface area contributed by atoms with Gasteiger partial charge in [0, 0.05) is 16.7 Å². The summed E-state index contributed by atoms with van der Waals surface area (Å²) in [5.74, 6) is 0.728. The van der Waals surface area contributed by atoms with Crippen LogP contribution in [0.2, 0.25) is 0 Å². The molecule has 0 saturated carbocycles. The molecule has 296 valence electrons. The summed E-state index contributed by atoms with van der Waals surface area (Å²) in [6, 6.07) is 11.5.